The van der Waals surface area contributed by atoms with E-state index in [1.807, 2.05) is 0 Å². The van der Waals surface area contributed by atoms with Crippen LogP contribution < -0.4 is 10.1 Å². The quantitative estimate of drug-likeness (QED) is 0.517. The van der Waals surface area contributed by atoms with Gasteiger partial charge in [0.1, 0.15) is 6.61 Å². The van der Waals surface area contributed by atoms with Gasteiger partial charge in [-0.2, -0.15) is 0 Å². The topological polar surface area (TPSA) is 84.9 Å². The van der Waals surface area contributed by atoms with Gasteiger partial charge in [-0.05, 0) is 30.7 Å². The van der Waals surface area contributed by atoms with E-state index >= 15 is 0 Å². The first-order chi connectivity index (χ1) is 14.0. The van der Waals surface area contributed by atoms with Crippen LogP contribution in [-0.2, 0) is 9.53 Å². The van der Waals surface area contributed by atoms with Gasteiger partial charge < -0.3 is 14.8 Å². The van der Waals surface area contributed by atoms with E-state index in [1.165, 1.54) is 25.3 Å². The number of fused-ring (bicyclic) bond motifs is 1. The molecule has 29 heavy (non-hydrogen) atoms. The van der Waals surface area contributed by atoms with Crippen molar-refractivity contribution in [2.75, 3.05) is 32.2 Å². The van der Waals surface area contributed by atoms with E-state index in [0.29, 0.717) is 29.8 Å². The normalized spacial score (nSPS) is 12.8. The highest BCUT2D eigenvalue weighted by molar-refractivity contribution is 6.21. The Hall–Kier alpha value is -3.26. The van der Waals surface area contributed by atoms with Gasteiger partial charge in [0, 0.05) is 31.8 Å². The predicted octanol–water partition coefficient (Wildman–Crippen LogP) is 2.87. The molecular weight excluding hydrogens is 379 g/mol. The van der Waals surface area contributed by atoms with E-state index in [4.69, 9.17) is 9.47 Å². The van der Waals surface area contributed by atoms with Crippen molar-refractivity contribution >= 4 is 23.4 Å². The minimum atomic E-state index is -0.593. The number of methoxy groups -OCH3 is 1. The third-order valence-electron chi connectivity index (χ3n) is 4.42. The maximum Gasteiger partial charge on any atom is 0.261 e. The van der Waals surface area contributed by atoms with Crippen LogP contribution in [0.2, 0.25) is 0 Å². The average molecular weight is 400 g/mol. The van der Waals surface area contributed by atoms with Crippen LogP contribution in [0.25, 0.3) is 0 Å². The fourth-order valence-electron chi connectivity index (χ4n) is 2.99. The lowest BCUT2D eigenvalue weighted by atomic mass is 10.1. The summed E-state index contributed by atoms with van der Waals surface area (Å²) in [6.07, 6.45) is 0.388. The molecule has 1 heterocycles. The lowest BCUT2D eigenvalue weighted by Crippen LogP contribution is -2.31. The number of rotatable bonds is 9. The van der Waals surface area contributed by atoms with Gasteiger partial charge in [0.25, 0.3) is 11.8 Å². The second-order valence-electron chi connectivity index (χ2n) is 6.45. The maximum absolute atomic E-state index is 14.0. The Morgan fingerprint density at radius 2 is 1.76 bits per heavy atom. The molecule has 7 nitrogen and oxygen atoms in total. The summed E-state index contributed by atoms with van der Waals surface area (Å²) in [6.45, 7) is 0.697. The number of amides is 3. The van der Waals surface area contributed by atoms with E-state index in [9.17, 15) is 18.8 Å². The number of halogens is 1. The standard InChI is InChI=1S/C21H21FN2O5/c1-28-11-12-29-18-9-8-14(13-17(18)22)23-19(25)7-4-10-24-20(26)15-5-2-3-6-16(15)21(24)27/h2-3,5-6,8-9,13H,4,7,10-12H2,1H3,(H,23,25). The molecule has 152 valence electrons. The van der Waals surface area contributed by atoms with Crippen LogP contribution in [0.4, 0.5) is 10.1 Å². The Morgan fingerprint density at radius 3 is 2.38 bits per heavy atom. The van der Waals surface area contributed by atoms with Crippen molar-refractivity contribution in [2.24, 2.45) is 0 Å². The molecule has 0 spiro atoms. The number of ether oxygens (including phenoxy) is 2. The van der Waals surface area contributed by atoms with Gasteiger partial charge in [0.05, 0.1) is 17.7 Å². The molecule has 1 N–H and O–H groups in total. The first-order valence-electron chi connectivity index (χ1n) is 9.17. The van der Waals surface area contributed by atoms with Crippen LogP contribution in [-0.4, -0.2) is 49.5 Å². The third-order valence-corrected chi connectivity index (χ3v) is 4.42. The van der Waals surface area contributed by atoms with Crippen LogP contribution in [0.15, 0.2) is 42.5 Å². The molecule has 3 amide bonds. The highest BCUT2D eigenvalue weighted by Gasteiger charge is 2.34. The number of nitrogens with zero attached hydrogens (tertiary/aromatic N) is 1. The largest absolute Gasteiger partial charge is 0.488 e. The van der Waals surface area contributed by atoms with E-state index in [1.54, 1.807) is 24.3 Å². The minimum Gasteiger partial charge on any atom is -0.488 e. The maximum atomic E-state index is 14.0. The van der Waals surface area contributed by atoms with Crippen molar-refractivity contribution in [3.63, 3.8) is 0 Å². The van der Waals surface area contributed by atoms with Gasteiger partial charge in [-0.25, -0.2) is 4.39 Å². The highest BCUT2D eigenvalue weighted by Crippen LogP contribution is 2.23. The van der Waals surface area contributed by atoms with E-state index < -0.39 is 5.82 Å². The number of anilines is 1. The van der Waals surface area contributed by atoms with Gasteiger partial charge in [0.15, 0.2) is 11.6 Å². The first kappa shape index (κ1) is 20.5. The Morgan fingerprint density at radius 1 is 1.07 bits per heavy atom. The third kappa shape index (κ3) is 4.78. The summed E-state index contributed by atoms with van der Waals surface area (Å²) in [6, 6.07) is 10.8. The van der Waals surface area contributed by atoms with Crippen molar-refractivity contribution in [1.82, 2.24) is 4.90 Å². The molecule has 0 saturated heterocycles. The van der Waals surface area contributed by atoms with Gasteiger partial charge in [0.2, 0.25) is 5.91 Å². The van der Waals surface area contributed by atoms with Crippen LogP contribution >= 0.6 is 0 Å². The van der Waals surface area contributed by atoms with Crippen molar-refractivity contribution in [3.8, 4) is 5.75 Å². The molecule has 3 rings (SSSR count). The van der Waals surface area contributed by atoms with E-state index in [0.717, 1.165) is 4.90 Å². The molecule has 8 heteroatoms. The van der Waals surface area contributed by atoms with Gasteiger partial charge >= 0.3 is 0 Å². The van der Waals surface area contributed by atoms with E-state index in [-0.39, 0.29) is 43.0 Å². The van der Waals surface area contributed by atoms with Crippen LogP contribution in [0.3, 0.4) is 0 Å². The number of nitrogens with one attached hydrogen (secondary N) is 1. The van der Waals surface area contributed by atoms with Crippen LogP contribution in [0.5, 0.6) is 5.75 Å². The zero-order valence-electron chi connectivity index (χ0n) is 15.9. The molecule has 2 aromatic carbocycles. The number of hydrogen-bond donors (Lipinski definition) is 1. The SMILES string of the molecule is COCCOc1ccc(NC(=O)CCCN2C(=O)c3ccccc3C2=O)cc1F. The Labute approximate surface area is 167 Å². The second-order valence-corrected chi connectivity index (χ2v) is 6.45. The van der Waals surface area contributed by atoms with Crippen molar-refractivity contribution in [1.29, 1.82) is 0 Å². The summed E-state index contributed by atoms with van der Waals surface area (Å²) in [5.41, 5.74) is 1.06. The summed E-state index contributed by atoms with van der Waals surface area (Å²) >= 11 is 0. The zero-order chi connectivity index (χ0) is 20.8. The monoisotopic (exact) mass is 400 g/mol. The zero-order valence-corrected chi connectivity index (χ0v) is 15.9. The highest BCUT2D eigenvalue weighted by atomic mass is 19.1. The molecule has 0 radical (unpaired) electrons. The molecular formula is C21H21FN2O5. The minimum absolute atomic E-state index is 0.0747. The number of benzene rings is 2. The molecule has 0 saturated carbocycles. The van der Waals surface area contributed by atoms with Gasteiger partial charge in [-0.3, -0.25) is 19.3 Å². The van der Waals surface area contributed by atoms with Crippen LogP contribution in [0.1, 0.15) is 33.6 Å². The molecule has 0 aromatic heterocycles. The molecule has 0 bridgehead atoms. The summed E-state index contributed by atoms with van der Waals surface area (Å²) in [4.78, 5) is 37.8. The number of imide groups is 1. The second kappa shape index (κ2) is 9.29. The molecule has 0 aliphatic carbocycles. The van der Waals surface area contributed by atoms with Gasteiger partial charge in [-0.15, -0.1) is 0 Å². The first-order valence-corrected chi connectivity index (χ1v) is 9.17. The number of carbonyl (C=O) groups excluding carboxylic acids is 3. The van der Waals surface area contributed by atoms with Crippen molar-refractivity contribution in [2.45, 2.75) is 12.8 Å². The Balaban J connectivity index is 1.48. The lowest BCUT2D eigenvalue weighted by molar-refractivity contribution is -0.116. The molecule has 0 unspecified atom stereocenters. The number of hydrogen-bond acceptors (Lipinski definition) is 5. The van der Waals surface area contributed by atoms with Gasteiger partial charge in [-0.1, -0.05) is 12.1 Å². The predicted molar refractivity (Wildman–Crippen MR) is 103 cm³/mol. The Bertz CT molecular complexity index is 896. The molecule has 1 aliphatic rings. The molecule has 2 aromatic rings. The van der Waals surface area contributed by atoms with Crippen molar-refractivity contribution in [3.05, 3.63) is 59.4 Å². The van der Waals surface area contributed by atoms with Crippen LogP contribution in [0, 0.1) is 5.82 Å². The summed E-state index contributed by atoms with van der Waals surface area (Å²) in [5, 5.41) is 2.59. The summed E-state index contributed by atoms with van der Waals surface area (Å²) in [5.74, 6) is -1.56. The summed E-state index contributed by atoms with van der Waals surface area (Å²) in [7, 11) is 1.52. The molecule has 1 aliphatic heterocycles. The number of carbonyl (C=O) groups is 3. The van der Waals surface area contributed by atoms with Crippen molar-refractivity contribution < 1.29 is 28.2 Å². The smallest absolute Gasteiger partial charge is 0.261 e. The fourth-order valence-corrected chi connectivity index (χ4v) is 2.99. The molecule has 0 fully saturated rings. The summed E-state index contributed by atoms with van der Waals surface area (Å²) < 4.78 is 24.1. The van der Waals surface area contributed by atoms with E-state index in [2.05, 4.69) is 5.32 Å². The lowest BCUT2D eigenvalue weighted by Gasteiger charge is -2.13. The fraction of sp³-hybridized carbons (Fsp3) is 0.286. The average Bonchev–Trinajstić information content (AvgIpc) is 2.95. The Kier molecular flexibility index (Phi) is 6.56. The molecule has 0 atom stereocenters.